The molecular weight excluding hydrogens is 384 g/mol. The number of amides is 1. The highest BCUT2D eigenvalue weighted by molar-refractivity contribution is 6.02. The van der Waals surface area contributed by atoms with E-state index in [1.54, 1.807) is 18.5 Å². The average molecular weight is 415 g/mol. The van der Waals surface area contributed by atoms with Crippen LogP contribution < -0.4 is 10.2 Å². The Hall–Kier alpha value is -3.18. The van der Waals surface area contributed by atoms with E-state index >= 15 is 0 Å². The minimum absolute atomic E-state index is 0.169. The molecular formula is C26H30N4O. The van der Waals surface area contributed by atoms with E-state index in [1.807, 2.05) is 30.3 Å². The van der Waals surface area contributed by atoms with Gasteiger partial charge in [0, 0.05) is 55.0 Å². The molecule has 2 fully saturated rings. The molecule has 0 bridgehead atoms. The minimum Gasteiger partial charge on any atom is -0.369 e. The highest BCUT2D eigenvalue weighted by atomic mass is 16.1. The molecule has 2 saturated heterocycles. The number of benzene rings is 1. The number of nitrogens with one attached hydrogen (secondary N) is 1. The third-order valence-corrected chi connectivity index (χ3v) is 6.21. The summed E-state index contributed by atoms with van der Waals surface area (Å²) >= 11 is 0. The van der Waals surface area contributed by atoms with Crippen molar-refractivity contribution in [3.63, 3.8) is 0 Å². The van der Waals surface area contributed by atoms with Crippen molar-refractivity contribution in [2.45, 2.75) is 31.3 Å². The zero-order chi connectivity index (χ0) is 21.6. The lowest BCUT2D eigenvalue weighted by atomic mass is 10.1. The molecule has 2 atom stereocenters. The van der Waals surface area contributed by atoms with Gasteiger partial charge in [-0.25, -0.2) is 0 Å². The van der Waals surface area contributed by atoms with Gasteiger partial charge in [-0.05, 0) is 67.3 Å². The Labute approximate surface area is 184 Å². The minimum atomic E-state index is -0.169. The summed E-state index contributed by atoms with van der Waals surface area (Å²) in [6.07, 6.45) is 14.3. The number of likely N-dealkylation sites (tertiary alicyclic amines) is 1. The van der Waals surface area contributed by atoms with Crippen molar-refractivity contribution in [3.05, 3.63) is 79.2 Å². The van der Waals surface area contributed by atoms with Crippen LogP contribution in [0.3, 0.4) is 0 Å². The fourth-order valence-corrected chi connectivity index (χ4v) is 4.67. The number of hydrogen-bond acceptors (Lipinski definition) is 4. The number of pyridine rings is 1. The molecule has 1 N–H and O–H groups in total. The van der Waals surface area contributed by atoms with Crippen LogP contribution >= 0.6 is 0 Å². The maximum absolute atomic E-state index is 12.3. The lowest BCUT2D eigenvalue weighted by molar-refractivity contribution is -0.111. The summed E-state index contributed by atoms with van der Waals surface area (Å²) < 4.78 is 0. The van der Waals surface area contributed by atoms with Crippen molar-refractivity contribution in [1.29, 1.82) is 0 Å². The SMILES string of the molecule is C=Cc1cc(NC(=O)/C=C/c2cccnc2)ccc1N1CCC(N2CCCC2C=C)C1. The van der Waals surface area contributed by atoms with Crippen LogP contribution in [0.1, 0.15) is 30.4 Å². The van der Waals surface area contributed by atoms with E-state index in [4.69, 9.17) is 0 Å². The highest BCUT2D eigenvalue weighted by Gasteiger charge is 2.34. The Morgan fingerprint density at radius 3 is 2.87 bits per heavy atom. The molecule has 0 aliphatic carbocycles. The van der Waals surface area contributed by atoms with Crippen molar-refractivity contribution < 1.29 is 4.79 Å². The predicted octanol–water partition coefficient (Wildman–Crippen LogP) is 4.61. The fraction of sp³-hybridized carbons (Fsp3) is 0.308. The largest absolute Gasteiger partial charge is 0.369 e. The van der Waals surface area contributed by atoms with Gasteiger partial charge in [0.1, 0.15) is 0 Å². The first-order valence-corrected chi connectivity index (χ1v) is 11.0. The van der Waals surface area contributed by atoms with E-state index in [0.717, 1.165) is 29.9 Å². The number of carbonyl (C=O) groups is 1. The molecule has 1 aromatic heterocycles. The number of anilines is 2. The molecule has 2 aliphatic rings. The molecule has 5 nitrogen and oxygen atoms in total. The Bertz CT molecular complexity index is 969. The van der Waals surface area contributed by atoms with Crippen LogP contribution in [0.5, 0.6) is 0 Å². The van der Waals surface area contributed by atoms with Crippen LogP contribution in [0, 0.1) is 0 Å². The first kappa shape index (κ1) is 21.1. The lowest BCUT2D eigenvalue weighted by Gasteiger charge is -2.29. The van der Waals surface area contributed by atoms with E-state index in [9.17, 15) is 4.79 Å². The summed E-state index contributed by atoms with van der Waals surface area (Å²) in [5.74, 6) is -0.169. The maximum atomic E-state index is 12.3. The molecule has 2 unspecified atom stereocenters. The summed E-state index contributed by atoms with van der Waals surface area (Å²) in [5, 5.41) is 2.94. The lowest BCUT2D eigenvalue weighted by Crippen LogP contribution is -2.40. The van der Waals surface area contributed by atoms with Crippen LogP contribution in [0.15, 0.2) is 68.0 Å². The standard InChI is InChI=1S/C26H30N4O/c1-3-21-17-22(28-26(31)12-9-20-7-5-14-27-18-20)10-11-25(21)29-16-13-24(19-29)30-15-6-8-23(30)4-2/h3-5,7,9-12,14,17-18,23-24H,1-2,6,8,13,15-16,19H2,(H,28,31)/b12-9+. The van der Waals surface area contributed by atoms with Crippen LogP contribution in [-0.4, -0.2) is 47.5 Å². The second-order valence-corrected chi connectivity index (χ2v) is 8.16. The zero-order valence-electron chi connectivity index (χ0n) is 17.9. The summed E-state index contributed by atoms with van der Waals surface area (Å²) in [6, 6.07) is 10.9. The smallest absolute Gasteiger partial charge is 0.248 e. The Morgan fingerprint density at radius 1 is 1.19 bits per heavy atom. The average Bonchev–Trinajstić information content (AvgIpc) is 3.47. The summed E-state index contributed by atoms with van der Waals surface area (Å²) in [4.78, 5) is 21.4. The van der Waals surface area contributed by atoms with Crippen LogP contribution in [-0.2, 0) is 4.79 Å². The van der Waals surface area contributed by atoms with Gasteiger partial charge in [0.15, 0.2) is 0 Å². The van der Waals surface area contributed by atoms with E-state index in [2.05, 4.69) is 45.4 Å². The number of hydrogen-bond donors (Lipinski definition) is 1. The first-order chi connectivity index (χ1) is 15.2. The molecule has 0 radical (unpaired) electrons. The molecule has 5 heteroatoms. The third kappa shape index (κ3) is 4.94. The van der Waals surface area contributed by atoms with Gasteiger partial charge in [-0.1, -0.05) is 24.8 Å². The fourth-order valence-electron chi connectivity index (χ4n) is 4.67. The summed E-state index contributed by atoms with van der Waals surface area (Å²) in [7, 11) is 0. The van der Waals surface area contributed by atoms with Gasteiger partial charge in [-0.2, -0.15) is 0 Å². The monoisotopic (exact) mass is 414 g/mol. The quantitative estimate of drug-likeness (QED) is 0.531. The molecule has 1 aromatic carbocycles. The topological polar surface area (TPSA) is 48.5 Å². The Kier molecular flexibility index (Phi) is 6.63. The normalized spacial score (nSPS) is 21.5. The van der Waals surface area contributed by atoms with E-state index in [1.165, 1.54) is 37.6 Å². The summed E-state index contributed by atoms with van der Waals surface area (Å²) in [5.41, 5.74) is 3.87. The van der Waals surface area contributed by atoms with Gasteiger partial charge in [0.25, 0.3) is 0 Å². The van der Waals surface area contributed by atoms with E-state index in [-0.39, 0.29) is 5.91 Å². The molecule has 0 spiro atoms. The predicted molar refractivity (Wildman–Crippen MR) is 129 cm³/mol. The highest BCUT2D eigenvalue weighted by Crippen LogP contribution is 2.32. The van der Waals surface area contributed by atoms with Gasteiger partial charge in [-0.15, -0.1) is 6.58 Å². The number of rotatable bonds is 7. The van der Waals surface area contributed by atoms with Gasteiger partial charge in [0.2, 0.25) is 5.91 Å². The Morgan fingerprint density at radius 2 is 2.10 bits per heavy atom. The third-order valence-electron chi connectivity index (χ3n) is 6.21. The van der Waals surface area contributed by atoms with Crippen molar-refractivity contribution >= 4 is 29.4 Å². The molecule has 4 rings (SSSR count). The van der Waals surface area contributed by atoms with Gasteiger partial charge in [0.05, 0.1) is 0 Å². The zero-order valence-corrected chi connectivity index (χ0v) is 17.9. The van der Waals surface area contributed by atoms with Crippen LogP contribution in [0.25, 0.3) is 12.2 Å². The van der Waals surface area contributed by atoms with Gasteiger partial charge < -0.3 is 10.2 Å². The molecule has 160 valence electrons. The van der Waals surface area contributed by atoms with Crippen molar-refractivity contribution in [3.8, 4) is 0 Å². The molecule has 0 saturated carbocycles. The molecule has 31 heavy (non-hydrogen) atoms. The van der Waals surface area contributed by atoms with Crippen LogP contribution in [0.4, 0.5) is 11.4 Å². The number of nitrogens with zero attached hydrogens (tertiary/aromatic N) is 3. The number of aromatic nitrogens is 1. The second-order valence-electron chi connectivity index (χ2n) is 8.16. The maximum Gasteiger partial charge on any atom is 0.248 e. The van der Waals surface area contributed by atoms with Crippen molar-refractivity contribution in [2.24, 2.45) is 0 Å². The Balaban J connectivity index is 1.41. The van der Waals surface area contributed by atoms with Crippen LogP contribution in [0.2, 0.25) is 0 Å². The summed E-state index contributed by atoms with van der Waals surface area (Å²) in [6.45, 7) is 11.2. The van der Waals surface area contributed by atoms with Crippen molar-refractivity contribution in [1.82, 2.24) is 9.88 Å². The molecule has 2 aliphatic heterocycles. The van der Waals surface area contributed by atoms with E-state index in [0.29, 0.717) is 12.1 Å². The van der Waals surface area contributed by atoms with Gasteiger partial charge >= 0.3 is 0 Å². The first-order valence-electron chi connectivity index (χ1n) is 11.0. The van der Waals surface area contributed by atoms with E-state index < -0.39 is 0 Å². The molecule has 3 heterocycles. The second kappa shape index (κ2) is 9.75. The number of carbonyl (C=O) groups excluding carboxylic acids is 1. The van der Waals surface area contributed by atoms with Gasteiger partial charge in [-0.3, -0.25) is 14.7 Å². The molecule has 1 amide bonds. The molecule has 2 aromatic rings. The van der Waals surface area contributed by atoms with Crippen molar-refractivity contribution in [2.75, 3.05) is 29.9 Å².